The van der Waals surface area contributed by atoms with Gasteiger partial charge in [-0.25, -0.2) is 0 Å². The second-order valence-electron chi connectivity index (χ2n) is 11.6. The maximum Gasteiger partial charge on any atom is 0.143 e. The molecule has 0 N–H and O–H groups in total. The Labute approximate surface area is 227 Å². The minimum Gasteiger partial charge on any atom is -0.303 e. The number of carbonyl (C=O) groups excluding carboxylic acids is 2. The first-order valence-corrected chi connectivity index (χ1v) is 16.7. The van der Waals surface area contributed by atoms with E-state index in [9.17, 15) is 9.59 Å². The molecule has 0 bridgehead atoms. The smallest absolute Gasteiger partial charge is 0.143 e. The molecule has 0 heterocycles. The van der Waals surface area contributed by atoms with E-state index in [-0.39, 0.29) is 11.7 Å². The largest absolute Gasteiger partial charge is 0.303 e. The summed E-state index contributed by atoms with van der Waals surface area (Å²) in [6, 6.07) is 0. The minimum atomic E-state index is -0.334. The molecule has 0 rings (SSSR count). The Hall–Kier alpha value is -0.660. The van der Waals surface area contributed by atoms with Crippen LogP contribution in [-0.2, 0) is 9.59 Å². The number of rotatable bonds is 31. The molecule has 0 aliphatic rings. The summed E-state index contributed by atoms with van der Waals surface area (Å²) in [6.07, 6.45) is 38.2. The van der Waals surface area contributed by atoms with Crippen LogP contribution in [0.1, 0.15) is 200 Å². The van der Waals surface area contributed by atoms with Crippen LogP contribution in [-0.4, -0.2) is 12.1 Å². The standard InChI is InChI=1S/C34H66O2/c1-3-5-7-9-11-13-15-17-19-20-22-24-26-28-30-33(32-35)34(36)31-29-27-25-23-21-18-16-14-12-10-8-6-4-2/h32-33H,3-31H2,1-2H3. The summed E-state index contributed by atoms with van der Waals surface area (Å²) in [4.78, 5) is 23.8. The van der Waals surface area contributed by atoms with E-state index in [4.69, 9.17) is 0 Å². The molecule has 0 aliphatic carbocycles. The maximum atomic E-state index is 12.4. The summed E-state index contributed by atoms with van der Waals surface area (Å²) in [5.41, 5.74) is 0. The lowest BCUT2D eigenvalue weighted by atomic mass is 9.94. The molecule has 0 amide bonds. The maximum absolute atomic E-state index is 12.4. The third-order valence-corrected chi connectivity index (χ3v) is 7.97. The van der Waals surface area contributed by atoms with E-state index in [2.05, 4.69) is 13.8 Å². The van der Waals surface area contributed by atoms with E-state index in [1.165, 1.54) is 154 Å². The number of hydrogen-bond acceptors (Lipinski definition) is 2. The van der Waals surface area contributed by atoms with Crippen LogP contribution < -0.4 is 0 Å². The zero-order valence-corrected chi connectivity index (χ0v) is 25.0. The van der Waals surface area contributed by atoms with Gasteiger partial charge in [0.05, 0.1) is 5.92 Å². The van der Waals surface area contributed by atoms with Crippen LogP contribution in [0.4, 0.5) is 0 Å². The quantitative estimate of drug-likeness (QED) is 0.0532. The predicted molar refractivity (Wildman–Crippen MR) is 160 cm³/mol. The summed E-state index contributed by atoms with van der Waals surface area (Å²) in [5, 5.41) is 0. The lowest BCUT2D eigenvalue weighted by Gasteiger charge is -2.09. The molecule has 0 radical (unpaired) electrons. The van der Waals surface area contributed by atoms with Crippen molar-refractivity contribution in [3.8, 4) is 0 Å². The number of hydrogen-bond donors (Lipinski definition) is 0. The summed E-state index contributed by atoms with van der Waals surface area (Å²) < 4.78 is 0. The van der Waals surface area contributed by atoms with Crippen molar-refractivity contribution in [3.63, 3.8) is 0 Å². The summed E-state index contributed by atoms with van der Waals surface area (Å²) in [5.74, 6) is -0.137. The number of carbonyl (C=O) groups is 2. The highest BCUT2D eigenvalue weighted by Gasteiger charge is 2.16. The molecular weight excluding hydrogens is 440 g/mol. The molecule has 0 spiro atoms. The van der Waals surface area contributed by atoms with Crippen molar-refractivity contribution in [2.24, 2.45) is 5.92 Å². The highest BCUT2D eigenvalue weighted by molar-refractivity contribution is 5.93. The topological polar surface area (TPSA) is 34.1 Å². The van der Waals surface area contributed by atoms with Gasteiger partial charge in [-0.05, 0) is 12.8 Å². The van der Waals surface area contributed by atoms with E-state index in [0.29, 0.717) is 6.42 Å². The lowest BCUT2D eigenvalue weighted by molar-refractivity contribution is -0.127. The van der Waals surface area contributed by atoms with Crippen LogP contribution in [0.15, 0.2) is 0 Å². The third-order valence-electron chi connectivity index (χ3n) is 7.97. The number of ketones is 1. The van der Waals surface area contributed by atoms with Crippen LogP contribution in [0.3, 0.4) is 0 Å². The monoisotopic (exact) mass is 507 g/mol. The van der Waals surface area contributed by atoms with Crippen molar-refractivity contribution < 1.29 is 9.59 Å². The van der Waals surface area contributed by atoms with Crippen LogP contribution in [0, 0.1) is 5.92 Å². The molecule has 214 valence electrons. The molecule has 0 aromatic carbocycles. The molecule has 2 heteroatoms. The van der Waals surface area contributed by atoms with Gasteiger partial charge in [-0.1, -0.05) is 181 Å². The van der Waals surface area contributed by atoms with Crippen molar-refractivity contribution in [2.45, 2.75) is 200 Å². The molecule has 1 atom stereocenters. The summed E-state index contributed by atoms with van der Waals surface area (Å²) in [7, 11) is 0. The SMILES string of the molecule is CCCCCCCCCCCCCCCCC(C=O)C(=O)CCCCCCCCCCCCCCC. The Morgan fingerprint density at radius 1 is 0.444 bits per heavy atom. The average molecular weight is 507 g/mol. The second kappa shape index (κ2) is 30.6. The number of aldehydes is 1. The molecule has 36 heavy (non-hydrogen) atoms. The van der Waals surface area contributed by atoms with Crippen LogP contribution in [0.5, 0.6) is 0 Å². The minimum absolute atomic E-state index is 0.197. The molecule has 0 saturated carbocycles. The Balaban J connectivity index is 3.42. The highest BCUT2D eigenvalue weighted by Crippen LogP contribution is 2.17. The van der Waals surface area contributed by atoms with E-state index >= 15 is 0 Å². The van der Waals surface area contributed by atoms with Gasteiger partial charge >= 0.3 is 0 Å². The first kappa shape index (κ1) is 35.3. The van der Waals surface area contributed by atoms with Gasteiger partial charge in [0.1, 0.15) is 12.1 Å². The van der Waals surface area contributed by atoms with Crippen molar-refractivity contribution in [3.05, 3.63) is 0 Å². The van der Waals surface area contributed by atoms with Crippen molar-refractivity contribution >= 4 is 12.1 Å². The Morgan fingerprint density at radius 2 is 0.722 bits per heavy atom. The molecule has 0 aromatic rings. The van der Waals surface area contributed by atoms with E-state index in [1.807, 2.05) is 0 Å². The molecule has 0 aliphatic heterocycles. The fraction of sp³-hybridized carbons (Fsp3) is 0.941. The van der Waals surface area contributed by atoms with Gasteiger partial charge in [0, 0.05) is 6.42 Å². The van der Waals surface area contributed by atoms with Gasteiger partial charge in [-0.3, -0.25) is 4.79 Å². The Morgan fingerprint density at radius 3 is 1.03 bits per heavy atom. The first-order valence-electron chi connectivity index (χ1n) is 16.7. The normalized spacial score (nSPS) is 12.2. The van der Waals surface area contributed by atoms with Gasteiger partial charge in [0.2, 0.25) is 0 Å². The Bertz CT molecular complexity index is 444. The molecule has 0 aromatic heterocycles. The Kier molecular flexibility index (Phi) is 30.0. The number of Topliss-reactive ketones (excluding diaryl/α,β-unsaturated/α-hetero) is 1. The van der Waals surface area contributed by atoms with Crippen molar-refractivity contribution in [2.75, 3.05) is 0 Å². The third kappa shape index (κ3) is 26.4. The number of unbranched alkanes of at least 4 members (excludes halogenated alkanes) is 25. The average Bonchev–Trinajstić information content (AvgIpc) is 2.89. The van der Waals surface area contributed by atoms with Crippen molar-refractivity contribution in [1.29, 1.82) is 0 Å². The van der Waals surface area contributed by atoms with Crippen LogP contribution >= 0.6 is 0 Å². The molecule has 1 unspecified atom stereocenters. The van der Waals surface area contributed by atoms with Gasteiger partial charge in [-0.15, -0.1) is 0 Å². The van der Waals surface area contributed by atoms with E-state index < -0.39 is 0 Å². The fourth-order valence-corrected chi connectivity index (χ4v) is 5.37. The predicted octanol–water partition coefficient (Wildman–Crippen LogP) is 11.7. The second-order valence-corrected chi connectivity index (χ2v) is 11.6. The zero-order chi connectivity index (χ0) is 26.4. The summed E-state index contributed by atoms with van der Waals surface area (Å²) in [6.45, 7) is 4.56. The molecule has 0 fully saturated rings. The fourth-order valence-electron chi connectivity index (χ4n) is 5.37. The van der Waals surface area contributed by atoms with Gasteiger partial charge in [0.25, 0.3) is 0 Å². The van der Waals surface area contributed by atoms with Gasteiger partial charge in [0.15, 0.2) is 0 Å². The van der Waals surface area contributed by atoms with Gasteiger partial charge in [-0.2, -0.15) is 0 Å². The zero-order valence-electron chi connectivity index (χ0n) is 25.0. The molecule has 0 saturated heterocycles. The van der Waals surface area contributed by atoms with Gasteiger partial charge < -0.3 is 4.79 Å². The van der Waals surface area contributed by atoms with E-state index in [1.54, 1.807) is 0 Å². The molecular formula is C34H66O2. The first-order chi connectivity index (χ1) is 17.8. The lowest BCUT2D eigenvalue weighted by Crippen LogP contribution is -2.15. The van der Waals surface area contributed by atoms with Crippen LogP contribution in [0.25, 0.3) is 0 Å². The van der Waals surface area contributed by atoms with E-state index in [0.717, 1.165) is 32.0 Å². The van der Waals surface area contributed by atoms with Crippen LogP contribution in [0.2, 0.25) is 0 Å². The van der Waals surface area contributed by atoms with Crippen molar-refractivity contribution in [1.82, 2.24) is 0 Å². The highest BCUT2D eigenvalue weighted by atomic mass is 16.1. The summed E-state index contributed by atoms with van der Waals surface area (Å²) >= 11 is 0. The molecule has 2 nitrogen and oxygen atoms in total.